The van der Waals surface area contributed by atoms with Gasteiger partial charge in [0.25, 0.3) is 0 Å². The van der Waals surface area contributed by atoms with E-state index in [1.807, 2.05) is 25.7 Å². The molecule has 2 fully saturated rings. The topological polar surface area (TPSA) is 49.4 Å². The molecular formula is C16H28N2O2. The minimum absolute atomic E-state index is 0.0284. The Balaban J connectivity index is 2.28. The van der Waals surface area contributed by atoms with Crippen LogP contribution < -0.4 is 5.32 Å². The van der Waals surface area contributed by atoms with Gasteiger partial charge in [-0.15, -0.1) is 0 Å². The van der Waals surface area contributed by atoms with Crippen LogP contribution in [0.4, 0.5) is 0 Å². The van der Waals surface area contributed by atoms with Crippen LogP contribution in [0.25, 0.3) is 0 Å². The highest BCUT2D eigenvalue weighted by atomic mass is 16.2. The predicted molar refractivity (Wildman–Crippen MR) is 79.3 cm³/mol. The lowest BCUT2D eigenvalue weighted by molar-refractivity contribution is -0.158. The van der Waals surface area contributed by atoms with Crippen molar-refractivity contribution >= 4 is 11.8 Å². The molecule has 1 N–H and O–H groups in total. The van der Waals surface area contributed by atoms with Crippen molar-refractivity contribution in [3.05, 3.63) is 0 Å². The Bertz CT molecular complexity index is 375. The molecule has 20 heavy (non-hydrogen) atoms. The van der Waals surface area contributed by atoms with E-state index in [4.69, 9.17) is 0 Å². The predicted octanol–water partition coefficient (Wildman–Crippen LogP) is 2.61. The molecule has 1 aliphatic heterocycles. The molecule has 2 amide bonds. The Morgan fingerprint density at radius 1 is 1.15 bits per heavy atom. The van der Waals surface area contributed by atoms with Crippen LogP contribution in [-0.4, -0.2) is 34.3 Å². The minimum Gasteiger partial charge on any atom is -0.340 e. The summed E-state index contributed by atoms with van der Waals surface area (Å²) >= 11 is 0. The van der Waals surface area contributed by atoms with E-state index in [0.717, 1.165) is 12.8 Å². The minimum atomic E-state index is -0.713. The molecule has 4 nitrogen and oxygen atoms in total. The van der Waals surface area contributed by atoms with Crippen molar-refractivity contribution in [2.45, 2.75) is 89.8 Å². The second-order valence-corrected chi connectivity index (χ2v) is 6.46. The summed E-state index contributed by atoms with van der Waals surface area (Å²) in [6.45, 7) is 5.83. The van der Waals surface area contributed by atoms with Crippen molar-refractivity contribution < 1.29 is 9.59 Å². The lowest BCUT2D eigenvalue weighted by atomic mass is 9.88. The number of piperazine rings is 1. The molecule has 0 spiro atoms. The van der Waals surface area contributed by atoms with Gasteiger partial charge in [-0.05, 0) is 32.6 Å². The van der Waals surface area contributed by atoms with Crippen LogP contribution in [-0.2, 0) is 9.59 Å². The molecule has 0 aromatic carbocycles. The van der Waals surface area contributed by atoms with Gasteiger partial charge in [0, 0.05) is 6.04 Å². The van der Waals surface area contributed by atoms with Crippen molar-refractivity contribution in [1.29, 1.82) is 0 Å². The van der Waals surface area contributed by atoms with Crippen molar-refractivity contribution in [1.82, 2.24) is 10.2 Å². The highest BCUT2D eigenvalue weighted by Gasteiger charge is 2.48. The van der Waals surface area contributed by atoms with Crippen molar-refractivity contribution in [2.75, 3.05) is 0 Å². The molecule has 2 atom stereocenters. The summed E-state index contributed by atoms with van der Waals surface area (Å²) in [6, 6.07) is -0.0166. The van der Waals surface area contributed by atoms with Gasteiger partial charge in [0.2, 0.25) is 11.8 Å². The number of amides is 2. The highest BCUT2D eigenvalue weighted by molar-refractivity contribution is 5.99. The number of carbonyl (C=O) groups excluding carboxylic acids is 2. The monoisotopic (exact) mass is 280 g/mol. The fourth-order valence-corrected chi connectivity index (χ4v) is 3.54. The zero-order valence-corrected chi connectivity index (χ0v) is 13.1. The standard InChI is InChI=1S/C16H28N2O2/c1-4-13-14(19)17-16(3,5-2)15(20)18(13)12-10-8-6-7-9-11-12/h12-13H,4-11H2,1-3H3,(H,17,19). The van der Waals surface area contributed by atoms with E-state index in [9.17, 15) is 9.59 Å². The number of carbonyl (C=O) groups is 2. The Labute approximate surface area is 122 Å². The first-order chi connectivity index (χ1) is 9.53. The van der Waals surface area contributed by atoms with Gasteiger partial charge < -0.3 is 10.2 Å². The highest BCUT2D eigenvalue weighted by Crippen LogP contribution is 2.30. The molecule has 2 aliphatic rings. The average Bonchev–Trinajstić information content (AvgIpc) is 2.71. The molecular weight excluding hydrogens is 252 g/mol. The van der Waals surface area contributed by atoms with Gasteiger partial charge in [0.1, 0.15) is 11.6 Å². The summed E-state index contributed by atoms with van der Waals surface area (Å²) < 4.78 is 0. The van der Waals surface area contributed by atoms with Gasteiger partial charge in [0.15, 0.2) is 0 Å². The van der Waals surface area contributed by atoms with E-state index in [1.54, 1.807) is 0 Å². The molecule has 1 saturated carbocycles. The fourth-order valence-electron chi connectivity index (χ4n) is 3.54. The van der Waals surface area contributed by atoms with Crippen LogP contribution in [0.5, 0.6) is 0 Å². The van der Waals surface area contributed by atoms with Crippen LogP contribution >= 0.6 is 0 Å². The third kappa shape index (κ3) is 2.70. The second kappa shape index (κ2) is 6.15. The van der Waals surface area contributed by atoms with Crippen LogP contribution in [0.15, 0.2) is 0 Å². The van der Waals surface area contributed by atoms with Gasteiger partial charge in [0.05, 0.1) is 0 Å². The van der Waals surface area contributed by atoms with Gasteiger partial charge in [-0.2, -0.15) is 0 Å². The third-order valence-corrected chi connectivity index (χ3v) is 5.06. The van der Waals surface area contributed by atoms with Crippen LogP contribution in [0, 0.1) is 0 Å². The lowest BCUT2D eigenvalue weighted by Crippen LogP contribution is -2.70. The van der Waals surface area contributed by atoms with Gasteiger partial charge in [-0.3, -0.25) is 9.59 Å². The fraction of sp³-hybridized carbons (Fsp3) is 0.875. The largest absolute Gasteiger partial charge is 0.340 e. The third-order valence-electron chi connectivity index (χ3n) is 5.06. The smallest absolute Gasteiger partial charge is 0.248 e. The van der Waals surface area contributed by atoms with Crippen LogP contribution in [0.2, 0.25) is 0 Å². The van der Waals surface area contributed by atoms with Gasteiger partial charge in [-0.25, -0.2) is 0 Å². The Morgan fingerprint density at radius 3 is 2.25 bits per heavy atom. The lowest BCUT2D eigenvalue weighted by Gasteiger charge is -2.47. The molecule has 114 valence electrons. The molecule has 2 unspecified atom stereocenters. The van der Waals surface area contributed by atoms with E-state index in [-0.39, 0.29) is 23.9 Å². The first kappa shape index (κ1) is 15.3. The van der Waals surface area contributed by atoms with Crippen molar-refractivity contribution in [3.63, 3.8) is 0 Å². The Hall–Kier alpha value is -1.06. The Morgan fingerprint density at radius 2 is 1.75 bits per heavy atom. The quantitative estimate of drug-likeness (QED) is 0.808. The molecule has 0 aromatic heterocycles. The van der Waals surface area contributed by atoms with Gasteiger partial charge >= 0.3 is 0 Å². The zero-order valence-electron chi connectivity index (χ0n) is 13.1. The molecule has 1 saturated heterocycles. The van der Waals surface area contributed by atoms with E-state index in [0.29, 0.717) is 12.8 Å². The maximum atomic E-state index is 12.9. The summed E-state index contributed by atoms with van der Waals surface area (Å²) in [5.74, 6) is 0.152. The summed E-state index contributed by atoms with van der Waals surface area (Å²) in [4.78, 5) is 27.2. The Kier molecular flexibility index (Phi) is 4.71. The first-order valence-corrected chi connectivity index (χ1v) is 8.18. The van der Waals surface area contributed by atoms with Gasteiger partial charge in [-0.1, -0.05) is 39.5 Å². The number of hydrogen-bond acceptors (Lipinski definition) is 2. The number of rotatable bonds is 3. The first-order valence-electron chi connectivity index (χ1n) is 8.18. The summed E-state index contributed by atoms with van der Waals surface area (Å²) in [5.41, 5.74) is -0.713. The van der Waals surface area contributed by atoms with Crippen molar-refractivity contribution in [2.24, 2.45) is 0 Å². The molecule has 2 rings (SSSR count). The summed E-state index contributed by atoms with van der Waals surface area (Å²) in [5, 5.41) is 2.95. The molecule has 0 radical (unpaired) electrons. The van der Waals surface area contributed by atoms with Crippen LogP contribution in [0.3, 0.4) is 0 Å². The maximum Gasteiger partial charge on any atom is 0.248 e. The van der Waals surface area contributed by atoms with Crippen molar-refractivity contribution in [3.8, 4) is 0 Å². The molecule has 1 heterocycles. The average molecular weight is 280 g/mol. The molecule has 1 aliphatic carbocycles. The van der Waals surface area contributed by atoms with E-state index in [2.05, 4.69) is 5.32 Å². The SMILES string of the molecule is CCC1C(=O)NC(C)(CC)C(=O)N1C1CCCCCC1. The van der Waals surface area contributed by atoms with E-state index < -0.39 is 5.54 Å². The summed E-state index contributed by atoms with van der Waals surface area (Å²) in [6.07, 6.45) is 8.32. The number of hydrogen-bond donors (Lipinski definition) is 1. The van der Waals surface area contributed by atoms with E-state index in [1.165, 1.54) is 25.7 Å². The molecule has 4 heteroatoms. The zero-order chi connectivity index (χ0) is 14.8. The number of nitrogens with zero attached hydrogens (tertiary/aromatic N) is 1. The summed E-state index contributed by atoms with van der Waals surface area (Å²) in [7, 11) is 0. The second-order valence-electron chi connectivity index (χ2n) is 6.46. The van der Waals surface area contributed by atoms with E-state index >= 15 is 0 Å². The normalized spacial score (nSPS) is 33.0. The molecule has 0 bridgehead atoms. The maximum absolute atomic E-state index is 12.9. The molecule has 0 aromatic rings. The number of nitrogens with one attached hydrogen (secondary N) is 1. The van der Waals surface area contributed by atoms with Crippen LogP contribution in [0.1, 0.15) is 72.1 Å².